The Balaban J connectivity index is 0.00000676. The number of aliphatic imine (C=N–C) groups is 1. The van der Waals surface area contributed by atoms with E-state index in [1.165, 1.54) is 0 Å². The van der Waals surface area contributed by atoms with Gasteiger partial charge in [0.1, 0.15) is 11.4 Å². The van der Waals surface area contributed by atoms with Crippen LogP contribution in [-0.4, -0.2) is 55.8 Å². The van der Waals surface area contributed by atoms with Gasteiger partial charge in [-0.1, -0.05) is 0 Å². The SMILES string of the molecule is CSCCNC(=NCCCNC(=O)OC(C)(C)C)NCCc1ccco1.I. The van der Waals surface area contributed by atoms with Crippen LogP contribution in [0.4, 0.5) is 4.79 Å². The van der Waals surface area contributed by atoms with Crippen LogP contribution in [0.5, 0.6) is 0 Å². The lowest BCUT2D eigenvalue weighted by molar-refractivity contribution is 0.0527. The molecule has 156 valence electrons. The zero-order chi connectivity index (χ0) is 19.3. The molecule has 0 bridgehead atoms. The summed E-state index contributed by atoms with van der Waals surface area (Å²) in [5.41, 5.74) is -0.478. The normalized spacial score (nSPS) is 11.5. The largest absolute Gasteiger partial charge is 0.469 e. The second kappa shape index (κ2) is 14.9. The minimum Gasteiger partial charge on any atom is -0.469 e. The van der Waals surface area contributed by atoms with Crippen LogP contribution in [0, 0.1) is 0 Å². The highest BCUT2D eigenvalue weighted by Crippen LogP contribution is 2.06. The van der Waals surface area contributed by atoms with Gasteiger partial charge in [-0.05, 0) is 45.6 Å². The molecule has 1 heterocycles. The van der Waals surface area contributed by atoms with Crippen molar-refractivity contribution in [2.45, 2.75) is 39.2 Å². The van der Waals surface area contributed by atoms with E-state index in [-0.39, 0.29) is 24.0 Å². The number of carbonyl (C=O) groups is 1. The molecule has 0 saturated heterocycles. The van der Waals surface area contributed by atoms with Crippen molar-refractivity contribution < 1.29 is 13.9 Å². The quantitative estimate of drug-likeness (QED) is 0.193. The lowest BCUT2D eigenvalue weighted by Gasteiger charge is -2.19. The molecule has 0 fully saturated rings. The number of carbonyl (C=O) groups excluding carboxylic acids is 1. The summed E-state index contributed by atoms with van der Waals surface area (Å²) >= 11 is 1.78. The molecular weight excluding hydrogens is 479 g/mol. The van der Waals surface area contributed by atoms with E-state index in [1.54, 1.807) is 18.0 Å². The number of halogens is 1. The van der Waals surface area contributed by atoms with Crippen molar-refractivity contribution in [2.24, 2.45) is 4.99 Å². The van der Waals surface area contributed by atoms with Gasteiger partial charge in [0.2, 0.25) is 0 Å². The first kappa shape index (κ1) is 25.9. The average Bonchev–Trinajstić information content (AvgIpc) is 3.06. The first-order valence-electron chi connectivity index (χ1n) is 8.91. The average molecular weight is 512 g/mol. The predicted molar refractivity (Wildman–Crippen MR) is 123 cm³/mol. The molecule has 0 radical (unpaired) electrons. The first-order valence-corrected chi connectivity index (χ1v) is 10.3. The van der Waals surface area contributed by atoms with Crippen LogP contribution in [0.25, 0.3) is 0 Å². The molecular formula is C18H33IN4O3S. The molecule has 0 aliphatic rings. The van der Waals surface area contributed by atoms with Gasteiger partial charge in [-0.15, -0.1) is 24.0 Å². The molecule has 3 N–H and O–H groups in total. The summed E-state index contributed by atoms with van der Waals surface area (Å²) in [6, 6.07) is 3.85. The van der Waals surface area contributed by atoms with Crippen LogP contribution >= 0.6 is 35.7 Å². The van der Waals surface area contributed by atoms with E-state index in [0.717, 1.165) is 43.4 Å². The lowest BCUT2D eigenvalue weighted by atomic mass is 10.2. The fourth-order valence-electron chi connectivity index (χ4n) is 1.98. The Bertz CT molecular complexity index is 533. The van der Waals surface area contributed by atoms with Crippen molar-refractivity contribution in [3.8, 4) is 0 Å². The van der Waals surface area contributed by atoms with Crippen molar-refractivity contribution in [3.63, 3.8) is 0 Å². The maximum atomic E-state index is 11.6. The lowest BCUT2D eigenvalue weighted by Crippen LogP contribution is -2.39. The molecule has 0 spiro atoms. The fraction of sp³-hybridized carbons (Fsp3) is 0.667. The van der Waals surface area contributed by atoms with Crippen LogP contribution in [0.15, 0.2) is 27.8 Å². The zero-order valence-corrected chi connectivity index (χ0v) is 19.8. The smallest absolute Gasteiger partial charge is 0.407 e. The Hall–Kier alpha value is -1.10. The van der Waals surface area contributed by atoms with Gasteiger partial charge >= 0.3 is 6.09 Å². The number of ether oxygens (including phenoxy) is 1. The van der Waals surface area contributed by atoms with Gasteiger partial charge in [0.15, 0.2) is 5.96 Å². The molecule has 0 atom stereocenters. The maximum absolute atomic E-state index is 11.6. The van der Waals surface area contributed by atoms with Gasteiger partial charge in [0.25, 0.3) is 0 Å². The summed E-state index contributed by atoms with van der Waals surface area (Å²) in [4.78, 5) is 16.1. The van der Waals surface area contributed by atoms with Gasteiger partial charge in [0, 0.05) is 38.4 Å². The fourth-order valence-corrected chi connectivity index (χ4v) is 2.29. The molecule has 9 heteroatoms. The van der Waals surface area contributed by atoms with E-state index in [4.69, 9.17) is 9.15 Å². The zero-order valence-electron chi connectivity index (χ0n) is 16.7. The summed E-state index contributed by atoms with van der Waals surface area (Å²) in [7, 11) is 0. The molecule has 0 aliphatic heterocycles. The van der Waals surface area contributed by atoms with E-state index < -0.39 is 11.7 Å². The van der Waals surface area contributed by atoms with Crippen LogP contribution in [0.2, 0.25) is 0 Å². The second-order valence-electron chi connectivity index (χ2n) is 6.69. The molecule has 1 amide bonds. The third kappa shape index (κ3) is 14.6. The number of amides is 1. The number of thioether (sulfide) groups is 1. The first-order chi connectivity index (χ1) is 12.4. The number of guanidine groups is 1. The number of hydrogen-bond donors (Lipinski definition) is 3. The molecule has 27 heavy (non-hydrogen) atoms. The Morgan fingerprint density at radius 3 is 2.59 bits per heavy atom. The van der Waals surface area contributed by atoms with E-state index in [0.29, 0.717) is 13.1 Å². The molecule has 0 unspecified atom stereocenters. The summed E-state index contributed by atoms with van der Waals surface area (Å²) in [6.45, 7) is 8.28. The van der Waals surface area contributed by atoms with Crippen LogP contribution < -0.4 is 16.0 Å². The highest BCUT2D eigenvalue weighted by Gasteiger charge is 2.15. The number of nitrogens with one attached hydrogen (secondary N) is 3. The Labute approximate surface area is 183 Å². The highest BCUT2D eigenvalue weighted by atomic mass is 127. The monoisotopic (exact) mass is 512 g/mol. The Morgan fingerprint density at radius 1 is 1.22 bits per heavy atom. The Morgan fingerprint density at radius 2 is 1.96 bits per heavy atom. The van der Waals surface area contributed by atoms with Crippen molar-refractivity contribution in [1.82, 2.24) is 16.0 Å². The molecule has 1 aromatic rings. The van der Waals surface area contributed by atoms with Gasteiger partial charge in [-0.25, -0.2) is 4.79 Å². The number of nitrogens with zero attached hydrogens (tertiary/aromatic N) is 1. The third-order valence-corrected chi connectivity index (χ3v) is 3.73. The topological polar surface area (TPSA) is 87.9 Å². The van der Waals surface area contributed by atoms with Crippen LogP contribution in [0.1, 0.15) is 33.0 Å². The van der Waals surface area contributed by atoms with Crippen molar-refractivity contribution in [2.75, 3.05) is 38.2 Å². The van der Waals surface area contributed by atoms with E-state index >= 15 is 0 Å². The summed E-state index contributed by atoms with van der Waals surface area (Å²) < 4.78 is 10.5. The summed E-state index contributed by atoms with van der Waals surface area (Å²) in [6.07, 6.45) is 4.91. The number of rotatable bonds is 10. The van der Waals surface area contributed by atoms with Gasteiger partial charge in [-0.2, -0.15) is 11.8 Å². The Kier molecular flexibility index (Phi) is 14.3. The van der Waals surface area contributed by atoms with Gasteiger partial charge in [0.05, 0.1) is 6.26 Å². The molecule has 0 aromatic carbocycles. The molecule has 0 aliphatic carbocycles. The standard InChI is InChI=1S/C18H32N4O3S.HI/c1-18(2,3)25-17(23)22-10-6-9-19-16(21-12-14-26-4)20-11-8-15-7-5-13-24-15;/h5,7,13H,6,8-12,14H2,1-4H3,(H,22,23)(H2,19,20,21);1H. The maximum Gasteiger partial charge on any atom is 0.407 e. The molecule has 7 nitrogen and oxygen atoms in total. The predicted octanol–water partition coefficient (Wildman–Crippen LogP) is 3.25. The van der Waals surface area contributed by atoms with E-state index in [1.807, 2.05) is 32.9 Å². The van der Waals surface area contributed by atoms with Gasteiger partial charge in [-0.3, -0.25) is 4.99 Å². The second-order valence-corrected chi connectivity index (χ2v) is 7.67. The summed E-state index contributed by atoms with van der Waals surface area (Å²) in [5, 5.41) is 9.35. The molecule has 0 saturated carbocycles. The van der Waals surface area contributed by atoms with Crippen molar-refractivity contribution in [1.29, 1.82) is 0 Å². The van der Waals surface area contributed by atoms with E-state index in [2.05, 4.69) is 27.2 Å². The number of alkyl carbamates (subject to hydrolysis) is 1. The third-order valence-electron chi connectivity index (χ3n) is 3.12. The van der Waals surface area contributed by atoms with Crippen LogP contribution in [0.3, 0.4) is 0 Å². The summed E-state index contributed by atoms with van der Waals surface area (Å²) in [5.74, 6) is 2.74. The molecule has 1 aromatic heterocycles. The minimum atomic E-state index is -0.478. The number of hydrogen-bond acceptors (Lipinski definition) is 5. The minimum absolute atomic E-state index is 0. The van der Waals surface area contributed by atoms with Crippen molar-refractivity contribution >= 4 is 47.8 Å². The van der Waals surface area contributed by atoms with E-state index in [9.17, 15) is 4.79 Å². The van der Waals surface area contributed by atoms with Gasteiger partial charge < -0.3 is 25.1 Å². The number of furan rings is 1. The van der Waals surface area contributed by atoms with Crippen LogP contribution in [-0.2, 0) is 11.2 Å². The van der Waals surface area contributed by atoms with Crippen molar-refractivity contribution in [3.05, 3.63) is 24.2 Å². The highest BCUT2D eigenvalue weighted by molar-refractivity contribution is 14.0. The molecule has 1 rings (SSSR count).